The predicted octanol–water partition coefficient (Wildman–Crippen LogP) is 2.78. The number of hydrogen-bond donors (Lipinski definition) is 1. The Morgan fingerprint density at radius 1 is 1.09 bits per heavy atom. The number of amides is 1. The van der Waals surface area contributed by atoms with Gasteiger partial charge in [0.05, 0.1) is 12.7 Å². The van der Waals surface area contributed by atoms with Crippen LogP contribution in [0.25, 0.3) is 0 Å². The molecule has 0 aliphatic carbocycles. The third-order valence-electron chi connectivity index (χ3n) is 3.24. The molecule has 0 aromatic heterocycles. The molecule has 5 nitrogen and oxygen atoms in total. The van der Waals surface area contributed by atoms with E-state index in [0.29, 0.717) is 23.6 Å². The van der Waals surface area contributed by atoms with E-state index < -0.39 is 0 Å². The van der Waals surface area contributed by atoms with Crippen LogP contribution < -0.4 is 14.8 Å². The van der Waals surface area contributed by atoms with Gasteiger partial charge in [-0.2, -0.15) is 0 Å². The SMILES string of the molecule is COc1cc(Oc2ccccc2)ccc1C(=O)NCCN(C)C. The minimum atomic E-state index is -0.157. The van der Waals surface area contributed by atoms with Crippen molar-refractivity contribution in [2.75, 3.05) is 34.3 Å². The second-order valence-corrected chi connectivity index (χ2v) is 5.34. The van der Waals surface area contributed by atoms with Gasteiger partial charge in [0.25, 0.3) is 5.91 Å². The fraction of sp³-hybridized carbons (Fsp3) is 0.278. The first-order chi connectivity index (χ1) is 11.1. The van der Waals surface area contributed by atoms with E-state index in [2.05, 4.69) is 5.32 Å². The van der Waals surface area contributed by atoms with Crippen molar-refractivity contribution in [3.05, 3.63) is 54.1 Å². The molecule has 0 saturated heterocycles. The normalized spacial score (nSPS) is 10.4. The van der Waals surface area contributed by atoms with Gasteiger partial charge in [-0.15, -0.1) is 0 Å². The number of para-hydroxylation sites is 1. The lowest BCUT2D eigenvalue weighted by Gasteiger charge is -2.13. The number of benzene rings is 2. The van der Waals surface area contributed by atoms with Gasteiger partial charge < -0.3 is 19.7 Å². The maximum Gasteiger partial charge on any atom is 0.255 e. The Labute approximate surface area is 136 Å². The monoisotopic (exact) mass is 314 g/mol. The van der Waals surface area contributed by atoms with Gasteiger partial charge in [-0.05, 0) is 38.4 Å². The van der Waals surface area contributed by atoms with Crippen LogP contribution in [0.2, 0.25) is 0 Å². The second kappa shape index (κ2) is 8.19. The summed E-state index contributed by atoms with van der Waals surface area (Å²) in [5.41, 5.74) is 0.492. The first-order valence-electron chi connectivity index (χ1n) is 7.44. The molecule has 122 valence electrons. The van der Waals surface area contributed by atoms with Gasteiger partial charge in [0.15, 0.2) is 0 Å². The number of rotatable bonds is 7. The average Bonchev–Trinajstić information content (AvgIpc) is 2.55. The fourth-order valence-electron chi connectivity index (χ4n) is 2.04. The Morgan fingerprint density at radius 2 is 1.83 bits per heavy atom. The first kappa shape index (κ1) is 16.8. The number of nitrogens with zero attached hydrogens (tertiary/aromatic N) is 1. The summed E-state index contributed by atoms with van der Waals surface area (Å²) in [6.45, 7) is 1.36. The number of ether oxygens (including phenoxy) is 2. The van der Waals surface area contributed by atoms with E-state index in [1.165, 1.54) is 7.11 Å². The minimum Gasteiger partial charge on any atom is -0.496 e. The van der Waals surface area contributed by atoms with Crippen molar-refractivity contribution in [1.82, 2.24) is 10.2 Å². The Balaban J connectivity index is 2.08. The van der Waals surface area contributed by atoms with Crippen LogP contribution in [0, 0.1) is 0 Å². The number of carbonyl (C=O) groups is 1. The van der Waals surface area contributed by atoms with Crippen molar-refractivity contribution in [2.45, 2.75) is 0 Å². The smallest absolute Gasteiger partial charge is 0.255 e. The van der Waals surface area contributed by atoms with Crippen LogP contribution in [0.4, 0.5) is 0 Å². The zero-order chi connectivity index (χ0) is 16.7. The standard InChI is InChI=1S/C18H22N2O3/c1-20(2)12-11-19-18(21)16-10-9-15(13-17(16)22-3)23-14-7-5-4-6-8-14/h4-10,13H,11-12H2,1-3H3,(H,19,21). The summed E-state index contributed by atoms with van der Waals surface area (Å²) in [4.78, 5) is 14.2. The number of nitrogens with one attached hydrogen (secondary N) is 1. The first-order valence-corrected chi connectivity index (χ1v) is 7.44. The molecule has 0 spiro atoms. The molecular formula is C18H22N2O3. The molecule has 2 aromatic carbocycles. The van der Waals surface area contributed by atoms with Crippen LogP contribution in [0.1, 0.15) is 10.4 Å². The van der Waals surface area contributed by atoms with Crippen LogP contribution in [0.15, 0.2) is 48.5 Å². The molecule has 0 bridgehead atoms. The minimum absolute atomic E-state index is 0.157. The average molecular weight is 314 g/mol. The van der Waals surface area contributed by atoms with Crippen LogP contribution in [-0.4, -0.2) is 45.1 Å². The molecule has 5 heteroatoms. The Hall–Kier alpha value is -2.53. The number of carbonyl (C=O) groups excluding carboxylic acids is 1. The molecule has 23 heavy (non-hydrogen) atoms. The van der Waals surface area contributed by atoms with E-state index >= 15 is 0 Å². The molecule has 0 radical (unpaired) electrons. The molecular weight excluding hydrogens is 292 g/mol. The van der Waals surface area contributed by atoms with Crippen molar-refractivity contribution in [1.29, 1.82) is 0 Å². The predicted molar refractivity (Wildman–Crippen MR) is 90.4 cm³/mol. The summed E-state index contributed by atoms with van der Waals surface area (Å²) < 4.78 is 11.1. The summed E-state index contributed by atoms with van der Waals surface area (Å²) >= 11 is 0. The highest BCUT2D eigenvalue weighted by atomic mass is 16.5. The third kappa shape index (κ3) is 5.00. The lowest BCUT2D eigenvalue weighted by Crippen LogP contribution is -2.31. The quantitative estimate of drug-likeness (QED) is 0.854. The molecule has 0 saturated carbocycles. The molecule has 2 rings (SSSR count). The molecule has 0 aliphatic heterocycles. The maximum absolute atomic E-state index is 12.2. The van der Waals surface area contributed by atoms with Gasteiger partial charge in [0.2, 0.25) is 0 Å². The molecule has 0 atom stereocenters. The maximum atomic E-state index is 12.2. The molecule has 1 N–H and O–H groups in total. The van der Waals surface area contributed by atoms with Crippen molar-refractivity contribution in [3.63, 3.8) is 0 Å². The van der Waals surface area contributed by atoms with Crippen LogP contribution >= 0.6 is 0 Å². The van der Waals surface area contributed by atoms with Crippen molar-refractivity contribution < 1.29 is 14.3 Å². The van der Waals surface area contributed by atoms with E-state index in [1.807, 2.05) is 49.3 Å². The number of methoxy groups -OCH3 is 1. The van der Waals surface area contributed by atoms with E-state index in [0.717, 1.165) is 12.3 Å². The molecule has 0 aliphatic rings. The molecule has 0 fully saturated rings. The summed E-state index contributed by atoms with van der Waals surface area (Å²) in [6.07, 6.45) is 0. The topological polar surface area (TPSA) is 50.8 Å². The summed E-state index contributed by atoms with van der Waals surface area (Å²) in [6, 6.07) is 14.7. The molecule has 0 unspecified atom stereocenters. The number of hydrogen-bond acceptors (Lipinski definition) is 4. The summed E-state index contributed by atoms with van der Waals surface area (Å²) in [7, 11) is 5.46. The fourth-order valence-corrected chi connectivity index (χ4v) is 2.04. The van der Waals surface area contributed by atoms with Crippen molar-refractivity contribution >= 4 is 5.91 Å². The van der Waals surface area contributed by atoms with E-state index in [4.69, 9.17) is 9.47 Å². The molecule has 0 heterocycles. The Morgan fingerprint density at radius 3 is 2.48 bits per heavy atom. The summed E-state index contributed by atoms with van der Waals surface area (Å²) in [5.74, 6) is 1.69. The number of likely N-dealkylation sites (N-methyl/N-ethyl adjacent to an activating group) is 1. The molecule has 1 amide bonds. The largest absolute Gasteiger partial charge is 0.496 e. The van der Waals surface area contributed by atoms with Crippen LogP contribution in [0.5, 0.6) is 17.2 Å². The van der Waals surface area contributed by atoms with Crippen LogP contribution in [-0.2, 0) is 0 Å². The van der Waals surface area contributed by atoms with Gasteiger partial charge in [-0.25, -0.2) is 0 Å². The zero-order valence-electron chi connectivity index (χ0n) is 13.7. The lowest BCUT2D eigenvalue weighted by molar-refractivity contribution is 0.0948. The third-order valence-corrected chi connectivity index (χ3v) is 3.24. The van der Waals surface area contributed by atoms with Gasteiger partial charge in [-0.3, -0.25) is 4.79 Å². The Bertz CT molecular complexity index is 642. The van der Waals surface area contributed by atoms with Gasteiger partial charge >= 0.3 is 0 Å². The zero-order valence-corrected chi connectivity index (χ0v) is 13.7. The van der Waals surface area contributed by atoms with Gasteiger partial charge in [0.1, 0.15) is 17.2 Å². The highest BCUT2D eigenvalue weighted by molar-refractivity contribution is 5.97. The Kier molecular flexibility index (Phi) is 6.00. The molecule has 2 aromatic rings. The van der Waals surface area contributed by atoms with Crippen molar-refractivity contribution in [3.8, 4) is 17.2 Å². The van der Waals surface area contributed by atoms with Gasteiger partial charge in [0, 0.05) is 19.2 Å². The van der Waals surface area contributed by atoms with Crippen LogP contribution in [0.3, 0.4) is 0 Å². The van der Waals surface area contributed by atoms with Gasteiger partial charge in [-0.1, -0.05) is 18.2 Å². The highest BCUT2D eigenvalue weighted by Gasteiger charge is 2.13. The highest BCUT2D eigenvalue weighted by Crippen LogP contribution is 2.28. The summed E-state index contributed by atoms with van der Waals surface area (Å²) in [5, 5.41) is 2.87. The van der Waals surface area contributed by atoms with Crippen molar-refractivity contribution in [2.24, 2.45) is 0 Å². The lowest BCUT2D eigenvalue weighted by atomic mass is 10.1. The van der Waals surface area contributed by atoms with E-state index in [1.54, 1.807) is 18.2 Å². The second-order valence-electron chi connectivity index (χ2n) is 5.34. The van der Waals surface area contributed by atoms with E-state index in [9.17, 15) is 4.79 Å². The van der Waals surface area contributed by atoms with E-state index in [-0.39, 0.29) is 5.91 Å².